The number of ketones is 1. The van der Waals surface area contributed by atoms with Gasteiger partial charge in [0.25, 0.3) is 0 Å². The zero-order valence-corrected chi connectivity index (χ0v) is 10.7. The van der Waals surface area contributed by atoms with Crippen LogP contribution in [0.4, 0.5) is 0 Å². The summed E-state index contributed by atoms with van der Waals surface area (Å²) in [7, 11) is 0. The summed E-state index contributed by atoms with van der Waals surface area (Å²) < 4.78 is 0. The van der Waals surface area contributed by atoms with Crippen molar-refractivity contribution in [3.05, 3.63) is 35.9 Å². The molecule has 15 heavy (non-hydrogen) atoms. The molecular weight excluding hydrogens is 224 g/mol. The van der Waals surface area contributed by atoms with E-state index in [0.29, 0.717) is 0 Å². The third-order valence-electron chi connectivity index (χ3n) is 2.08. The number of rotatable bonds is 6. The summed E-state index contributed by atoms with van der Waals surface area (Å²) in [6.07, 6.45) is 2.09. The number of hydrogen-bond donors (Lipinski definition) is 0. The van der Waals surface area contributed by atoms with Gasteiger partial charge in [0.1, 0.15) is 0 Å². The molecule has 0 heterocycles. The Hall–Kier alpha value is -0.410. The topological polar surface area (TPSA) is 17.1 Å². The summed E-state index contributed by atoms with van der Waals surface area (Å²) in [5, 5.41) is 0.0690. The van der Waals surface area contributed by atoms with E-state index in [4.69, 9.17) is 0 Å². The van der Waals surface area contributed by atoms with E-state index < -0.39 is 0 Å². The molecule has 0 aromatic heterocycles. The zero-order valence-electron chi connectivity index (χ0n) is 9.10. The fourth-order valence-corrected chi connectivity index (χ4v) is 2.91. The molecule has 82 valence electrons. The Morgan fingerprint density at radius 1 is 1.27 bits per heavy atom. The van der Waals surface area contributed by atoms with Gasteiger partial charge in [0.05, 0.1) is 5.25 Å². The highest BCUT2D eigenvalue weighted by atomic mass is 32.2. The second-order valence-corrected chi connectivity index (χ2v) is 5.67. The molecule has 0 amide bonds. The fourth-order valence-electron chi connectivity index (χ4n) is 1.22. The molecule has 1 aromatic rings. The SMILES string of the molecule is CSCCSC(C)C(=O)c1ccccc1. The lowest BCUT2D eigenvalue weighted by Gasteiger charge is -2.09. The molecule has 1 unspecified atom stereocenters. The Morgan fingerprint density at radius 2 is 1.93 bits per heavy atom. The number of carbonyl (C=O) groups excluding carboxylic acids is 1. The highest BCUT2D eigenvalue weighted by Crippen LogP contribution is 2.17. The Balaban J connectivity index is 2.46. The van der Waals surface area contributed by atoms with Gasteiger partial charge in [0, 0.05) is 17.1 Å². The molecule has 1 aromatic carbocycles. The molecule has 0 spiro atoms. The van der Waals surface area contributed by atoms with Crippen molar-refractivity contribution in [1.82, 2.24) is 0 Å². The summed E-state index contributed by atoms with van der Waals surface area (Å²) in [4.78, 5) is 11.9. The molecule has 0 fully saturated rings. The van der Waals surface area contributed by atoms with E-state index in [9.17, 15) is 4.79 Å². The molecule has 1 nitrogen and oxygen atoms in total. The summed E-state index contributed by atoms with van der Waals surface area (Å²) in [5.41, 5.74) is 0.821. The molecule has 0 aliphatic heterocycles. The summed E-state index contributed by atoms with van der Waals surface area (Å²) in [6, 6.07) is 9.52. The molecule has 0 aliphatic carbocycles. The maximum Gasteiger partial charge on any atom is 0.175 e. The minimum Gasteiger partial charge on any atom is -0.293 e. The number of benzene rings is 1. The first-order valence-electron chi connectivity index (χ1n) is 4.95. The predicted molar refractivity (Wildman–Crippen MR) is 71.1 cm³/mol. The Labute approximate surface area is 100 Å². The monoisotopic (exact) mass is 240 g/mol. The van der Waals surface area contributed by atoms with Crippen LogP contribution in [-0.2, 0) is 0 Å². The molecule has 0 N–H and O–H groups in total. The minimum atomic E-state index is 0.0690. The molecule has 3 heteroatoms. The summed E-state index contributed by atoms with van der Waals surface area (Å²) in [5.74, 6) is 2.39. The Kier molecular flexibility index (Phi) is 5.88. The van der Waals surface area contributed by atoms with Gasteiger partial charge < -0.3 is 0 Å². The first-order chi connectivity index (χ1) is 7.25. The van der Waals surface area contributed by atoms with Gasteiger partial charge in [-0.15, -0.1) is 11.8 Å². The molecule has 0 radical (unpaired) electrons. The summed E-state index contributed by atoms with van der Waals surface area (Å²) in [6.45, 7) is 1.99. The van der Waals surface area contributed by atoms with Crippen molar-refractivity contribution in [2.45, 2.75) is 12.2 Å². The van der Waals surface area contributed by atoms with Gasteiger partial charge in [0.2, 0.25) is 0 Å². The number of thioether (sulfide) groups is 2. The van der Waals surface area contributed by atoms with Crippen molar-refractivity contribution >= 4 is 29.3 Å². The largest absolute Gasteiger partial charge is 0.293 e. The van der Waals surface area contributed by atoms with Crippen LogP contribution in [-0.4, -0.2) is 28.8 Å². The smallest absolute Gasteiger partial charge is 0.175 e. The molecule has 1 rings (SSSR count). The van der Waals surface area contributed by atoms with Crippen molar-refractivity contribution in [3.63, 3.8) is 0 Å². The van der Waals surface area contributed by atoms with Gasteiger partial charge in [-0.05, 0) is 13.2 Å². The second-order valence-electron chi connectivity index (χ2n) is 3.24. The highest BCUT2D eigenvalue weighted by Gasteiger charge is 2.14. The number of Topliss-reactive ketones (excluding diaryl/α,β-unsaturated/α-hetero) is 1. The van der Waals surface area contributed by atoms with Crippen molar-refractivity contribution in [3.8, 4) is 0 Å². The Morgan fingerprint density at radius 3 is 2.53 bits per heavy atom. The van der Waals surface area contributed by atoms with E-state index >= 15 is 0 Å². The van der Waals surface area contributed by atoms with Gasteiger partial charge in [0.15, 0.2) is 5.78 Å². The minimum absolute atomic E-state index is 0.0690. The van der Waals surface area contributed by atoms with Crippen LogP contribution in [0.1, 0.15) is 17.3 Å². The average molecular weight is 240 g/mol. The number of hydrogen-bond acceptors (Lipinski definition) is 3. The van der Waals surface area contributed by atoms with Gasteiger partial charge in [-0.1, -0.05) is 30.3 Å². The van der Waals surface area contributed by atoms with Crippen molar-refractivity contribution in [2.75, 3.05) is 17.8 Å². The van der Waals surface area contributed by atoms with Crippen LogP contribution < -0.4 is 0 Å². The number of carbonyl (C=O) groups is 1. The normalized spacial score (nSPS) is 12.4. The van der Waals surface area contributed by atoms with Gasteiger partial charge in [-0.3, -0.25) is 4.79 Å². The van der Waals surface area contributed by atoms with E-state index in [1.165, 1.54) is 0 Å². The zero-order chi connectivity index (χ0) is 11.1. The van der Waals surface area contributed by atoms with Gasteiger partial charge in [-0.25, -0.2) is 0 Å². The van der Waals surface area contributed by atoms with Gasteiger partial charge >= 0.3 is 0 Å². The van der Waals surface area contributed by atoms with E-state index in [2.05, 4.69) is 6.26 Å². The quantitative estimate of drug-likeness (QED) is 0.560. The predicted octanol–water partition coefficient (Wildman–Crippen LogP) is 3.35. The first kappa shape index (κ1) is 12.7. The Bertz CT molecular complexity index is 298. The van der Waals surface area contributed by atoms with Crippen molar-refractivity contribution < 1.29 is 4.79 Å². The van der Waals surface area contributed by atoms with Crippen molar-refractivity contribution in [2.24, 2.45) is 0 Å². The van der Waals surface area contributed by atoms with Crippen LogP contribution in [0.25, 0.3) is 0 Å². The third-order valence-corrected chi connectivity index (χ3v) is 4.11. The summed E-state index contributed by atoms with van der Waals surface area (Å²) >= 11 is 3.55. The lowest BCUT2D eigenvalue weighted by Crippen LogP contribution is -2.14. The van der Waals surface area contributed by atoms with Crippen LogP contribution >= 0.6 is 23.5 Å². The average Bonchev–Trinajstić information content (AvgIpc) is 2.29. The van der Waals surface area contributed by atoms with E-state index in [-0.39, 0.29) is 11.0 Å². The molecular formula is C12H16OS2. The van der Waals surface area contributed by atoms with Crippen LogP contribution in [0.2, 0.25) is 0 Å². The van der Waals surface area contributed by atoms with Crippen LogP contribution in [0.15, 0.2) is 30.3 Å². The van der Waals surface area contributed by atoms with E-state index in [1.807, 2.05) is 49.0 Å². The first-order valence-corrected chi connectivity index (χ1v) is 7.39. The maximum atomic E-state index is 11.9. The van der Waals surface area contributed by atoms with E-state index in [1.54, 1.807) is 11.8 Å². The van der Waals surface area contributed by atoms with Crippen molar-refractivity contribution in [1.29, 1.82) is 0 Å². The van der Waals surface area contributed by atoms with Crippen LogP contribution in [0, 0.1) is 0 Å². The lowest BCUT2D eigenvalue weighted by molar-refractivity contribution is 0.0994. The molecule has 0 saturated carbocycles. The molecule has 1 atom stereocenters. The molecule has 0 aliphatic rings. The lowest BCUT2D eigenvalue weighted by atomic mass is 10.1. The molecule has 0 saturated heterocycles. The molecule has 0 bridgehead atoms. The van der Waals surface area contributed by atoms with Gasteiger partial charge in [-0.2, -0.15) is 11.8 Å². The van der Waals surface area contributed by atoms with Crippen LogP contribution in [0.3, 0.4) is 0 Å². The maximum absolute atomic E-state index is 11.9. The second kappa shape index (κ2) is 6.96. The third kappa shape index (κ3) is 4.31. The van der Waals surface area contributed by atoms with E-state index in [0.717, 1.165) is 17.1 Å². The highest BCUT2D eigenvalue weighted by molar-refractivity contribution is 8.03. The van der Waals surface area contributed by atoms with Crippen LogP contribution in [0.5, 0.6) is 0 Å². The fraction of sp³-hybridized carbons (Fsp3) is 0.417. The standard InChI is InChI=1S/C12H16OS2/c1-10(15-9-8-14-2)12(13)11-6-4-3-5-7-11/h3-7,10H,8-9H2,1-2H3.